The number of hydrogen-bond donors (Lipinski definition) is 1. The second-order valence-corrected chi connectivity index (χ2v) is 4.92. The zero-order chi connectivity index (χ0) is 11.6. The van der Waals surface area contributed by atoms with E-state index in [1.54, 1.807) is 6.92 Å². The first-order chi connectivity index (χ1) is 7.57. The highest BCUT2D eigenvalue weighted by molar-refractivity contribution is 5.78. The van der Waals surface area contributed by atoms with E-state index in [1.807, 2.05) is 12.1 Å². The predicted octanol–water partition coefficient (Wildman–Crippen LogP) is 2.28. The molecule has 0 spiro atoms. The van der Waals surface area contributed by atoms with Crippen molar-refractivity contribution >= 4 is 5.78 Å². The quantitative estimate of drug-likeness (QED) is 0.823. The van der Waals surface area contributed by atoms with Gasteiger partial charge in [-0.15, -0.1) is 0 Å². The van der Waals surface area contributed by atoms with E-state index < -0.39 is 0 Å². The minimum Gasteiger partial charge on any atom is -0.390 e. The summed E-state index contributed by atoms with van der Waals surface area (Å²) >= 11 is 0. The summed E-state index contributed by atoms with van der Waals surface area (Å²) in [6.07, 6.45) is 4.21. The lowest BCUT2D eigenvalue weighted by atomic mass is 10.0. The molecule has 2 nitrogen and oxygen atoms in total. The molecule has 2 rings (SSSR count). The van der Waals surface area contributed by atoms with Crippen molar-refractivity contribution in [2.24, 2.45) is 0 Å². The minimum atomic E-state index is -0.363. The first kappa shape index (κ1) is 11.3. The maximum atomic E-state index is 10.9. The number of aryl methyl sites for hydroxylation is 1. The van der Waals surface area contributed by atoms with E-state index in [-0.39, 0.29) is 11.4 Å². The van der Waals surface area contributed by atoms with Crippen LogP contribution in [0.1, 0.15) is 37.3 Å². The molecule has 0 saturated heterocycles. The molecule has 1 aliphatic rings. The highest BCUT2D eigenvalue weighted by Crippen LogP contribution is 2.39. The van der Waals surface area contributed by atoms with Crippen molar-refractivity contribution in [2.75, 3.05) is 0 Å². The molecule has 0 amide bonds. The standard InChI is InChI=1S/C14H18O2/c1-11(15)10-13-4-2-12(3-5-13)6-7-14(16)8-9-14/h2-5,16H,6-10H2,1H3. The van der Waals surface area contributed by atoms with E-state index in [2.05, 4.69) is 12.1 Å². The van der Waals surface area contributed by atoms with E-state index in [1.165, 1.54) is 5.56 Å². The number of Topliss-reactive ketones (excluding diaryl/α,β-unsaturated/α-hetero) is 1. The molecule has 0 aromatic heterocycles. The van der Waals surface area contributed by atoms with Gasteiger partial charge in [-0.2, -0.15) is 0 Å². The molecule has 2 heteroatoms. The van der Waals surface area contributed by atoms with E-state index >= 15 is 0 Å². The maximum absolute atomic E-state index is 10.9. The number of benzene rings is 1. The summed E-state index contributed by atoms with van der Waals surface area (Å²) in [5.74, 6) is 0.194. The number of ketones is 1. The Hall–Kier alpha value is -1.15. The van der Waals surface area contributed by atoms with Crippen molar-refractivity contribution in [3.8, 4) is 0 Å². The number of rotatable bonds is 5. The number of aliphatic hydroxyl groups is 1. The summed E-state index contributed by atoms with van der Waals surface area (Å²) in [7, 11) is 0. The third kappa shape index (κ3) is 3.17. The van der Waals surface area contributed by atoms with Gasteiger partial charge in [0, 0.05) is 6.42 Å². The van der Waals surface area contributed by atoms with Crippen LogP contribution in [-0.4, -0.2) is 16.5 Å². The van der Waals surface area contributed by atoms with Gasteiger partial charge in [-0.05, 0) is 43.7 Å². The van der Waals surface area contributed by atoms with Crippen molar-refractivity contribution in [2.45, 2.75) is 44.6 Å². The topological polar surface area (TPSA) is 37.3 Å². The molecular weight excluding hydrogens is 200 g/mol. The van der Waals surface area contributed by atoms with Crippen LogP contribution in [0, 0.1) is 0 Å². The summed E-state index contributed by atoms with van der Waals surface area (Å²) in [4.78, 5) is 10.9. The Labute approximate surface area is 96.3 Å². The molecule has 1 aliphatic carbocycles. The van der Waals surface area contributed by atoms with Gasteiger partial charge in [-0.3, -0.25) is 4.79 Å². The molecule has 0 bridgehead atoms. The van der Waals surface area contributed by atoms with Crippen LogP contribution in [0.4, 0.5) is 0 Å². The van der Waals surface area contributed by atoms with Gasteiger partial charge < -0.3 is 5.11 Å². The second-order valence-electron chi connectivity index (χ2n) is 4.92. The van der Waals surface area contributed by atoms with Crippen LogP contribution in [0.3, 0.4) is 0 Å². The van der Waals surface area contributed by atoms with E-state index in [4.69, 9.17) is 0 Å². The summed E-state index contributed by atoms with van der Waals surface area (Å²) < 4.78 is 0. The van der Waals surface area contributed by atoms with E-state index in [0.717, 1.165) is 31.2 Å². The lowest BCUT2D eigenvalue weighted by Crippen LogP contribution is -2.07. The molecule has 1 fully saturated rings. The fraction of sp³-hybridized carbons (Fsp3) is 0.500. The molecule has 0 heterocycles. The van der Waals surface area contributed by atoms with Crippen molar-refractivity contribution < 1.29 is 9.90 Å². The van der Waals surface area contributed by atoms with Gasteiger partial charge in [0.15, 0.2) is 0 Å². The third-order valence-corrected chi connectivity index (χ3v) is 3.18. The Morgan fingerprint density at radius 2 is 1.81 bits per heavy atom. The lowest BCUT2D eigenvalue weighted by molar-refractivity contribution is -0.116. The van der Waals surface area contributed by atoms with Gasteiger partial charge in [0.1, 0.15) is 5.78 Å². The van der Waals surface area contributed by atoms with Gasteiger partial charge >= 0.3 is 0 Å². The van der Waals surface area contributed by atoms with Crippen LogP contribution in [0.15, 0.2) is 24.3 Å². The highest BCUT2D eigenvalue weighted by atomic mass is 16.3. The molecule has 1 saturated carbocycles. The summed E-state index contributed by atoms with van der Waals surface area (Å²) in [6, 6.07) is 8.13. The molecule has 86 valence electrons. The fourth-order valence-electron chi connectivity index (χ4n) is 1.88. The smallest absolute Gasteiger partial charge is 0.134 e. The molecule has 1 N–H and O–H groups in total. The zero-order valence-corrected chi connectivity index (χ0v) is 9.70. The molecule has 1 aromatic rings. The Bertz CT molecular complexity index is 374. The van der Waals surface area contributed by atoms with Crippen molar-refractivity contribution in [1.29, 1.82) is 0 Å². The monoisotopic (exact) mass is 218 g/mol. The largest absolute Gasteiger partial charge is 0.390 e. The SMILES string of the molecule is CC(=O)Cc1ccc(CCC2(O)CC2)cc1. The van der Waals surface area contributed by atoms with Gasteiger partial charge in [0.2, 0.25) is 0 Å². The summed E-state index contributed by atoms with van der Waals surface area (Å²) in [6.45, 7) is 1.61. The number of carbonyl (C=O) groups is 1. The van der Waals surface area contributed by atoms with Crippen molar-refractivity contribution in [1.82, 2.24) is 0 Å². The average Bonchev–Trinajstić information content (AvgIpc) is 2.96. The van der Waals surface area contributed by atoms with E-state index in [0.29, 0.717) is 6.42 Å². The van der Waals surface area contributed by atoms with Crippen molar-refractivity contribution in [3.05, 3.63) is 35.4 Å². The number of hydrogen-bond acceptors (Lipinski definition) is 2. The van der Waals surface area contributed by atoms with Gasteiger partial charge in [-0.25, -0.2) is 0 Å². The normalized spacial score (nSPS) is 17.1. The zero-order valence-electron chi connectivity index (χ0n) is 9.70. The molecule has 16 heavy (non-hydrogen) atoms. The minimum absolute atomic E-state index is 0.194. The molecule has 0 radical (unpaired) electrons. The van der Waals surface area contributed by atoms with Crippen LogP contribution >= 0.6 is 0 Å². The Morgan fingerprint density at radius 3 is 2.31 bits per heavy atom. The third-order valence-electron chi connectivity index (χ3n) is 3.18. The molecule has 0 aliphatic heterocycles. The summed E-state index contributed by atoms with van der Waals surface area (Å²) in [5.41, 5.74) is 1.95. The second kappa shape index (κ2) is 4.38. The Morgan fingerprint density at radius 1 is 1.25 bits per heavy atom. The molecule has 0 unspecified atom stereocenters. The van der Waals surface area contributed by atoms with E-state index in [9.17, 15) is 9.90 Å². The molecule has 0 atom stereocenters. The van der Waals surface area contributed by atoms with Crippen molar-refractivity contribution in [3.63, 3.8) is 0 Å². The fourth-order valence-corrected chi connectivity index (χ4v) is 1.88. The van der Waals surface area contributed by atoms with Gasteiger partial charge in [0.25, 0.3) is 0 Å². The maximum Gasteiger partial charge on any atom is 0.134 e. The van der Waals surface area contributed by atoms with Crippen LogP contribution < -0.4 is 0 Å². The van der Waals surface area contributed by atoms with Crippen LogP contribution in [0.5, 0.6) is 0 Å². The molecular formula is C14H18O2. The Kier molecular flexibility index (Phi) is 3.10. The van der Waals surface area contributed by atoms with Crippen LogP contribution in [0.2, 0.25) is 0 Å². The van der Waals surface area contributed by atoms with Gasteiger partial charge in [-0.1, -0.05) is 24.3 Å². The Balaban J connectivity index is 1.88. The average molecular weight is 218 g/mol. The van der Waals surface area contributed by atoms with Gasteiger partial charge in [0.05, 0.1) is 5.60 Å². The summed E-state index contributed by atoms with van der Waals surface area (Å²) in [5, 5.41) is 9.72. The van der Waals surface area contributed by atoms with Crippen LogP contribution in [0.25, 0.3) is 0 Å². The number of carbonyl (C=O) groups excluding carboxylic acids is 1. The highest BCUT2D eigenvalue weighted by Gasteiger charge is 2.39. The first-order valence-corrected chi connectivity index (χ1v) is 5.87. The van der Waals surface area contributed by atoms with Crippen LogP contribution in [-0.2, 0) is 17.6 Å². The predicted molar refractivity (Wildman–Crippen MR) is 63.3 cm³/mol. The lowest BCUT2D eigenvalue weighted by Gasteiger charge is -2.07. The first-order valence-electron chi connectivity index (χ1n) is 5.87. The molecule has 1 aromatic carbocycles.